The maximum Gasteiger partial charge on any atom is 0.338 e. The van der Waals surface area contributed by atoms with Crippen molar-refractivity contribution in [3.63, 3.8) is 0 Å². The summed E-state index contributed by atoms with van der Waals surface area (Å²) in [6.45, 7) is 5.27. The number of carboxylic acids is 1. The normalized spacial score (nSPS) is 17.0. The summed E-state index contributed by atoms with van der Waals surface area (Å²) in [5.74, 6) is -1.12. The second kappa shape index (κ2) is 7.10. The van der Waals surface area contributed by atoms with Gasteiger partial charge in [-0.15, -0.1) is 0 Å². The lowest BCUT2D eigenvalue weighted by Crippen LogP contribution is -2.48. The summed E-state index contributed by atoms with van der Waals surface area (Å²) in [5, 5.41) is 14.3. The van der Waals surface area contributed by atoms with Gasteiger partial charge in [-0.1, -0.05) is 11.6 Å². The van der Waals surface area contributed by atoms with Crippen molar-refractivity contribution in [2.45, 2.75) is 13.5 Å². The van der Waals surface area contributed by atoms with Gasteiger partial charge in [0.1, 0.15) is 0 Å². The van der Waals surface area contributed by atoms with E-state index in [4.69, 9.17) is 16.7 Å². The number of halogens is 1. The fourth-order valence-electron chi connectivity index (χ4n) is 3.10. The smallest absolute Gasteiger partial charge is 0.338 e. The molecule has 1 fully saturated rings. The molecule has 0 spiro atoms. The third-order valence-corrected chi connectivity index (χ3v) is 6.23. The summed E-state index contributed by atoms with van der Waals surface area (Å²) in [7, 11) is -3.14. The lowest BCUT2D eigenvalue weighted by molar-refractivity contribution is 0.0697. The Morgan fingerprint density at radius 3 is 2.50 bits per heavy atom. The summed E-state index contributed by atoms with van der Waals surface area (Å²) in [5.41, 5.74) is 1.13. The molecular weight excluding hydrogens is 382 g/mol. The quantitative estimate of drug-likeness (QED) is 0.784. The highest BCUT2D eigenvalue weighted by Crippen LogP contribution is 2.28. The maximum absolute atomic E-state index is 11.6. The van der Waals surface area contributed by atoms with Crippen LogP contribution in [0.25, 0.3) is 11.0 Å². The number of carbonyl (C=O) groups is 1. The van der Waals surface area contributed by atoms with Crippen LogP contribution in [0.15, 0.2) is 6.20 Å². The monoisotopic (exact) mass is 401 g/mol. The van der Waals surface area contributed by atoms with Gasteiger partial charge in [-0.2, -0.15) is 9.40 Å². The molecule has 1 aliphatic heterocycles. The van der Waals surface area contributed by atoms with Gasteiger partial charge >= 0.3 is 5.97 Å². The van der Waals surface area contributed by atoms with Crippen LogP contribution in [0, 0.1) is 6.92 Å². The first-order chi connectivity index (χ1) is 12.2. The average molecular weight is 402 g/mol. The molecule has 2 aromatic heterocycles. The second-order valence-electron chi connectivity index (χ2n) is 6.30. The Kier molecular flexibility index (Phi) is 5.20. The number of fused-ring (bicyclic) bond motifs is 1. The number of aryl methyl sites for hydroxylation is 1. The topological polar surface area (TPSA) is 109 Å². The van der Waals surface area contributed by atoms with E-state index in [2.05, 4.69) is 15.0 Å². The van der Waals surface area contributed by atoms with Gasteiger partial charge in [0.2, 0.25) is 10.0 Å². The first kappa shape index (κ1) is 19.0. The Bertz CT molecular complexity index is 951. The van der Waals surface area contributed by atoms with Gasteiger partial charge in [0, 0.05) is 38.9 Å². The average Bonchev–Trinajstić information content (AvgIpc) is 2.89. The minimum absolute atomic E-state index is 0.0429. The highest BCUT2D eigenvalue weighted by Gasteiger charge is 2.24. The summed E-state index contributed by atoms with van der Waals surface area (Å²) in [6, 6.07) is 0. The molecule has 0 aromatic carbocycles. The van der Waals surface area contributed by atoms with Gasteiger partial charge in [-0.25, -0.2) is 22.9 Å². The van der Waals surface area contributed by atoms with Crippen molar-refractivity contribution in [1.29, 1.82) is 0 Å². The van der Waals surface area contributed by atoms with E-state index in [1.54, 1.807) is 11.6 Å². The Labute approximate surface area is 156 Å². The van der Waals surface area contributed by atoms with Crippen LogP contribution in [-0.4, -0.2) is 82.4 Å². The van der Waals surface area contributed by atoms with Crippen molar-refractivity contribution < 1.29 is 18.3 Å². The van der Waals surface area contributed by atoms with Gasteiger partial charge in [-0.05, 0) is 6.92 Å². The predicted octanol–water partition coefficient (Wildman–Crippen LogP) is 0.669. The number of hydrogen-bond donors (Lipinski definition) is 1. The van der Waals surface area contributed by atoms with Crippen LogP contribution in [0.5, 0.6) is 0 Å². The number of rotatable bonds is 5. The molecule has 1 N–H and O–H groups in total. The van der Waals surface area contributed by atoms with Gasteiger partial charge in [0.05, 0.1) is 34.5 Å². The molecule has 2 aromatic rings. The molecule has 0 aliphatic carbocycles. The minimum atomic E-state index is -3.14. The van der Waals surface area contributed by atoms with Crippen LogP contribution < -0.4 is 0 Å². The standard InChI is InChI=1S/C15H20ClN5O4S/c1-10-12-13(16)11(15(22)23)9-17-14(12)21(18-10)8-5-19-3-6-20(7-4-19)26(2,24)25/h9H,3-8H2,1-2H3,(H,22,23). The van der Waals surface area contributed by atoms with Gasteiger partial charge in [0.25, 0.3) is 0 Å². The van der Waals surface area contributed by atoms with Crippen molar-refractivity contribution in [2.75, 3.05) is 39.0 Å². The van der Waals surface area contributed by atoms with Crippen LogP contribution in [0.3, 0.4) is 0 Å². The molecule has 9 nitrogen and oxygen atoms in total. The zero-order valence-corrected chi connectivity index (χ0v) is 16.1. The molecule has 3 heterocycles. The van der Waals surface area contributed by atoms with E-state index in [0.717, 1.165) is 0 Å². The molecule has 0 bridgehead atoms. The van der Waals surface area contributed by atoms with Crippen LogP contribution in [0.4, 0.5) is 0 Å². The molecule has 0 amide bonds. The van der Waals surface area contributed by atoms with E-state index in [1.807, 2.05) is 0 Å². The maximum atomic E-state index is 11.6. The predicted molar refractivity (Wildman–Crippen MR) is 97.1 cm³/mol. The lowest BCUT2D eigenvalue weighted by Gasteiger charge is -2.33. The van der Waals surface area contributed by atoms with Crippen molar-refractivity contribution in [3.05, 3.63) is 22.5 Å². The van der Waals surface area contributed by atoms with Crippen LogP contribution in [0.2, 0.25) is 5.02 Å². The number of aromatic carboxylic acids is 1. The Morgan fingerprint density at radius 1 is 1.27 bits per heavy atom. The van der Waals surface area contributed by atoms with E-state index in [9.17, 15) is 13.2 Å². The summed E-state index contributed by atoms with van der Waals surface area (Å²) in [4.78, 5) is 17.6. The lowest BCUT2D eigenvalue weighted by atomic mass is 10.2. The largest absolute Gasteiger partial charge is 0.478 e. The Morgan fingerprint density at radius 2 is 1.92 bits per heavy atom. The number of aromatic nitrogens is 3. The molecule has 26 heavy (non-hydrogen) atoms. The van der Waals surface area contributed by atoms with E-state index >= 15 is 0 Å². The minimum Gasteiger partial charge on any atom is -0.478 e. The molecule has 3 rings (SSSR count). The van der Waals surface area contributed by atoms with E-state index < -0.39 is 16.0 Å². The second-order valence-corrected chi connectivity index (χ2v) is 8.66. The molecule has 0 saturated carbocycles. The summed E-state index contributed by atoms with van der Waals surface area (Å²) in [6.07, 6.45) is 2.47. The van der Waals surface area contributed by atoms with E-state index in [1.165, 1.54) is 16.8 Å². The van der Waals surface area contributed by atoms with Crippen molar-refractivity contribution in [3.8, 4) is 0 Å². The summed E-state index contributed by atoms with van der Waals surface area (Å²) >= 11 is 6.22. The molecule has 0 unspecified atom stereocenters. The molecule has 0 radical (unpaired) electrons. The van der Waals surface area contributed by atoms with Gasteiger partial charge in [0.15, 0.2) is 5.65 Å². The molecule has 142 valence electrons. The van der Waals surface area contributed by atoms with E-state index in [-0.39, 0.29) is 10.6 Å². The van der Waals surface area contributed by atoms with Gasteiger partial charge in [-0.3, -0.25) is 4.90 Å². The number of sulfonamides is 1. The molecule has 1 saturated heterocycles. The molecular formula is C15H20ClN5O4S. The van der Waals surface area contributed by atoms with Crippen molar-refractivity contribution >= 4 is 38.6 Å². The number of nitrogens with zero attached hydrogens (tertiary/aromatic N) is 5. The Hall–Kier alpha value is -1.75. The number of carboxylic acid groups (broad SMARTS) is 1. The molecule has 11 heteroatoms. The summed E-state index contributed by atoms with van der Waals surface area (Å²) < 4.78 is 26.3. The van der Waals surface area contributed by atoms with Crippen LogP contribution in [0.1, 0.15) is 16.1 Å². The highest BCUT2D eigenvalue weighted by molar-refractivity contribution is 7.88. The third kappa shape index (κ3) is 3.68. The zero-order valence-electron chi connectivity index (χ0n) is 14.5. The van der Waals surface area contributed by atoms with Crippen molar-refractivity contribution in [1.82, 2.24) is 24.0 Å². The first-order valence-corrected chi connectivity index (χ1v) is 10.3. The van der Waals surface area contributed by atoms with Crippen molar-refractivity contribution in [2.24, 2.45) is 0 Å². The number of hydrogen-bond acceptors (Lipinski definition) is 6. The fraction of sp³-hybridized carbons (Fsp3) is 0.533. The highest BCUT2D eigenvalue weighted by atomic mass is 35.5. The number of pyridine rings is 1. The van der Waals surface area contributed by atoms with Crippen LogP contribution in [-0.2, 0) is 16.6 Å². The molecule has 1 aliphatic rings. The van der Waals surface area contributed by atoms with Crippen LogP contribution >= 0.6 is 11.6 Å². The third-order valence-electron chi connectivity index (χ3n) is 4.53. The van der Waals surface area contributed by atoms with Gasteiger partial charge < -0.3 is 5.11 Å². The Balaban J connectivity index is 1.73. The van der Waals surface area contributed by atoms with E-state index in [0.29, 0.717) is 56.0 Å². The first-order valence-electron chi connectivity index (χ1n) is 8.11. The zero-order chi connectivity index (χ0) is 19.1. The molecule has 0 atom stereocenters. The number of piperazine rings is 1. The SMILES string of the molecule is Cc1nn(CCN2CCN(S(C)(=O)=O)CC2)c2ncc(C(=O)O)c(Cl)c12. The fourth-order valence-corrected chi connectivity index (χ4v) is 4.28.